The Bertz CT molecular complexity index is 1140. The molecule has 192 valence electrons. The summed E-state index contributed by atoms with van der Waals surface area (Å²) in [6, 6.07) is 6.43. The van der Waals surface area contributed by atoms with Crippen LogP contribution in [0.3, 0.4) is 0 Å². The van der Waals surface area contributed by atoms with Gasteiger partial charge < -0.3 is 4.74 Å². The topological polar surface area (TPSA) is 86.5 Å². The van der Waals surface area contributed by atoms with E-state index in [1.165, 1.54) is 24.6 Å². The first-order valence-electron chi connectivity index (χ1n) is 13.4. The molecule has 0 amide bonds. The van der Waals surface area contributed by atoms with Crippen molar-refractivity contribution >= 4 is 23.5 Å². The third-order valence-electron chi connectivity index (χ3n) is 10.3. The van der Waals surface area contributed by atoms with E-state index >= 15 is 0 Å². The number of ketones is 1. The molecule has 0 unspecified atom stereocenters. The van der Waals surface area contributed by atoms with Crippen LogP contribution in [0.1, 0.15) is 77.7 Å². The van der Waals surface area contributed by atoms with Gasteiger partial charge in [0.25, 0.3) is 5.69 Å². The minimum Gasteiger partial charge on any atom is -0.462 e. The number of fused-ring (bicyclic) bond motifs is 5. The maximum absolute atomic E-state index is 13.4. The van der Waals surface area contributed by atoms with Gasteiger partial charge in [0.2, 0.25) is 0 Å². The standard InChI is InChI=1S/C30H37NO5/c1-19(32)36-23-13-15-29(2)21(18-23)8-9-24-25-10-11-27(30(25,3)16-14-26(24)29)28(33)12-7-20-5-4-6-22(17-20)31(34)35/h4-8,12,17,23-27H,9-11,13-16,18H2,1-3H3/b12-7+/t23-,24+,25+,26+,27-,29+,30+/m1/s1. The molecule has 1 aromatic carbocycles. The number of nitrogens with zero attached hydrogens (tertiary/aromatic N) is 1. The van der Waals surface area contributed by atoms with Crippen LogP contribution in [-0.2, 0) is 14.3 Å². The Morgan fingerprint density at radius 1 is 1.11 bits per heavy atom. The number of ether oxygens (including phenoxy) is 1. The largest absolute Gasteiger partial charge is 0.462 e. The van der Waals surface area contributed by atoms with Crippen LogP contribution in [-0.4, -0.2) is 22.8 Å². The molecule has 3 fully saturated rings. The first-order chi connectivity index (χ1) is 17.1. The molecule has 0 spiro atoms. The van der Waals surface area contributed by atoms with Gasteiger partial charge in [-0.15, -0.1) is 0 Å². The maximum Gasteiger partial charge on any atom is 0.302 e. The predicted molar refractivity (Wildman–Crippen MR) is 138 cm³/mol. The summed E-state index contributed by atoms with van der Waals surface area (Å²) in [5.41, 5.74) is 2.38. The number of non-ortho nitro benzene ring substituents is 1. The molecule has 7 atom stereocenters. The lowest BCUT2D eigenvalue weighted by molar-refractivity contribution is -0.384. The normalized spacial score (nSPS) is 37.4. The second-order valence-electron chi connectivity index (χ2n) is 12.0. The van der Waals surface area contributed by atoms with Gasteiger partial charge in [-0.3, -0.25) is 19.7 Å². The van der Waals surface area contributed by atoms with Crippen LogP contribution in [0, 0.1) is 44.6 Å². The number of benzene rings is 1. The molecule has 6 heteroatoms. The van der Waals surface area contributed by atoms with Crippen molar-refractivity contribution in [1.29, 1.82) is 0 Å². The number of hydrogen-bond acceptors (Lipinski definition) is 5. The molecule has 0 saturated heterocycles. The van der Waals surface area contributed by atoms with E-state index < -0.39 is 4.92 Å². The first kappa shape index (κ1) is 24.9. The predicted octanol–water partition coefficient (Wildman–Crippen LogP) is 6.69. The van der Waals surface area contributed by atoms with E-state index in [9.17, 15) is 19.7 Å². The van der Waals surface area contributed by atoms with Crippen LogP contribution >= 0.6 is 0 Å². The molecule has 0 aliphatic heterocycles. The van der Waals surface area contributed by atoms with Crippen LogP contribution in [0.4, 0.5) is 5.69 Å². The van der Waals surface area contributed by atoms with Crippen LogP contribution in [0.15, 0.2) is 42.0 Å². The fraction of sp³-hybridized carbons (Fsp3) is 0.600. The molecule has 3 saturated carbocycles. The zero-order chi connectivity index (χ0) is 25.7. The van der Waals surface area contributed by atoms with Crippen LogP contribution in [0.2, 0.25) is 0 Å². The lowest BCUT2D eigenvalue weighted by Gasteiger charge is -2.58. The number of carbonyl (C=O) groups is 2. The van der Waals surface area contributed by atoms with E-state index in [2.05, 4.69) is 19.9 Å². The molecule has 0 bridgehead atoms. The van der Waals surface area contributed by atoms with Crippen LogP contribution in [0.5, 0.6) is 0 Å². The highest BCUT2D eigenvalue weighted by molar-refractivity contribution is 5.96. The molecule has 36 heavy (non-hydrogen) atoms. The second-order valence-corrected chi connectivity index (χ2v) is 12.0. The second kappa shape index (κ2) is 9.28. The Kier molecular flexibility index (Phi) is 6.42. The number of carbonyl (C=O) groups excluding carboxylic acids is 2. The van der Waals surface area contributed by atoms with Gasteiger partial charge in [-0.1, -0.05) is 43.7 Å². The Morgan fingerprint density at radius 3 is 2.67 bits per heavy atom. The summed E-state index contributed by atoms with van der Waals surface area (Å²) in [5.74, 6) is 1.75. The summed E-state index contributed by atoms with van der Waals surface area (Å²) < 4.78 is 5.56. The van der Waals surface area contributed by atoms with Crippen molar-refractivity contribution < 1.29 is 19.2 Å². The van der Waals surface area contributed by atoms with Gasteiger partial charge in [-0.2, -0.15) is 0 Å². The van der Waals surface area contributed by atoms with Crippen molar-refractivity contribution in [3.05, 3.63) is 57.7 Å². The smallest absolute Gasteiger partial charge is 0.302 e. The van der Waals surface area contributed by atoms with Gasteiger partial charge in [0, 0.05) is 31.4 Å². The van der Waals surface area contributed by atoms with Gasteiger partial charge in [-0.05, 0) is 85.2 Å². The zero-order valence-electron chi connectivity index (χ0n) is 21.6. The summed E-state index contributed by atoms with van der Waals surface area (Å²) in [4.78, 5) is 35.6. The van der Waals surface area contributed by atoms with Crippen molar-refractivity contribution in [2.45, 2.75) is 78.2 Å². The van der Waals surface area contributed by atoms with Crippen LogP contribution < -0.4 is 0 Å². The molecule has 1 aromatic rings. The first-order valence-corrected chi connectivity index (χ1v) is 13.4. The average molecular weight is 492 g/mol. The summed E-state index contributed by atoms with van der Waals surface area (Å²) in [6.45, 7) is 6.27. The zero-order valence-corrected chi connectivity index (χ0v) is 21.6. The van der Waals surface area contributed by atoms with E-state index in [0.29, 0.717) is 23.3 Å². The van der Waals surface area contributed by atoms with Gasteiger partial charge in [0.1, 0.15) is 6.10 Å². The summed E-state index contributed by atoms with van der Waals surface area (Å²) in [5, 5.41) is 11.1. The molecule has 0 N–H and O–H groups in total. The van der Waals surface area contributed by atoms with Crippen LogP contribution in [0.25, 0.3) is 6.08 Å². The van der Waals surface area contributed by atoms with E-state index in [4.69, 9.17) is 4.74 Å². The molecule has 0 radical (unpaired) electrons. The number of nitro groups is 1. The van der Waals surface area contributed by atoms with Crippen molar-refractivity contribution in [3.63, 3.8) is 0 Å². The fourth-order valence-electron chi connectivity index (χ4n) is 8.47. The van der Waals surface area contributed by atoms with E-state index in [0.717, 1.165) is 51.4 Å². The molecule has 6 nitrogen and oxygen atoms in total. The number of allylic oxidation sites excluding steroid dienone is 2. The molecule has 5 rings (SSSR count). The number of rotatable bonds is 5. The molecular weight excluding hydrogens is 454 g/mol. The van der Waals surface area contributed by atoms with E-state index in [1.54, 1.807) is 24.3 Å². The summed E-state index contributed by atoms with van der Waals surface area (Å²) in [6.07, 6.45) is 14.0. The van der Waals surface area contributed by atoms with Crippen molar-refractivity contribution in [1.82, 2.24) is 0 Å². The summed E-state index contributed by atoms with van der Waals surface area (Å²) >= 11 is 0. The Labute approximate surface area is 213 Å². The lowest BCUT2D eigenvalue weighted by atomic mass is 9.47. The van der Waals surface area contributed by atoms with Gasteiger partial charge in [0.15, 0.2) is 5.78 Å². The van der Waals surface area contributed by atoms with E-state index in [-0.39, 0.29) is 40.3 Å². The van der Waals surface area contributed by atoms with E-state index in [1.807, 2.05) is 0 Å². The van der Waals surface area contributed by atoms with Gasteiger partial charge in [0.05, 0.1) is 4.92 Å². The molecule has 4 aliphatic carbocycles. The lowest BCUT2D eigenvalue weighted by Crippen LogP contribution is -2.51. The van der Waals surface area contributed by atoms with Crippen molar-refractivity contribution in [3.8, 4) is 0 Å². The molecular formula is C30H37NO5. The third kappa shape index (κ3) is 4.22. The van der Waals surface area contributed by atoms with Crippen molar-refractivity contribution in [2.75, 3.05) is 0 Å². The fourth-order valence-corrected chi connectivity index (χ4v) is 8.47. The minimum absolute atomic E-state index is 0.00191. The highest BCUT2D eigenvalue weighted by Gasteiger charge is 2.59. The van der Waals surface area contributed by atoms with Crippen molar-refractivity contribution in [2.24, 2.45) is 34.5 Å². The third-order valence-corrected chi connectivity index (χ3v) is 10.3. The highest BCUT2D eigenvalue weighted by Crippen LogP contribution is 2.66. The number of hydrogen-bond donors (Lipinski definition) is 0. The molecule has 0 heterocycles. The average Bonchev–Trinajstić information content (AvgIpc) is 3.20. The van der Waals surface area contributed by atoms with Gasteiger partial charge in [-0.25, -0.2) is 0 Å². The number of esters is 1. The molecule has 4 aliphatic rings. The quantitative estimate of drug-likeness (QED) is 0.151. The molecule has 0 aromatic heterocycles. The summed E-state index contributed by atoms with van der Waals surface area (Å²) in [7, 11) is 0. The van der Waals surface area contributed by atoms with Gasteiger partial charge >= 0.3 is 5.97 Å². The highest BCUT2D eigenvalue weighted by atomic mass is 16.6. The Balaban J connectivity index is 1.32. The Morgan fingerprint density at radius 2 is 1.92 bits per heavy atom. The minimum atomic E-state index is -0.409. The Hall–Kier alpha value is -2.76. The number of nitro benzene ring substituents is 1. The maximum atomic E-state index is 13.4. The monoisotopic (exact) mass is 491 g/mol. The SMILES string of the molecule is CC(=O)O[C@@H]1CC[C@@]2(C)C(=CC[C@H]3[C@@H]4CC[C@H](C(=O)/C=C/c5cccc([N+](=O)[O-])c5)[C@@]4(C)CC[C@@H]32)C1.